The summed E-state index contributed by atoms with van der Waals surface area (Å²) in [5, 5.41) is 0. The lowest BCUT2D eigenvalue weighted by Crippen LogP contribution is -2.62. The number of piperidine rings is 2. The van der Waals surface area contributed by atoms with Crippen LogP contribution < -0.4 is 0 Å². The first-order valence-electron chi connectivity index (χ1n) is 38.4. The zero-order valence-corrected chi connectivity index (χ0v) is 70.0. The molecule has 0 radical (unpaired) electrons. The molecule has 0 aromatic rings. The molecule has 0 aliphatic carbocycles. The molecule has 97 heavy (non-hydrogen) atoms. The molecule has 10 aliphatic rings. The lowest BCUT2D eigenvalue weighted by molar-refractivity contribution is -0.160. The van der Waals surface area contributed by atoms with Gasteiger partial charge in [-0.2, -0.15) is 0 Å². The minimum absolute atomic E-state index is 0. The Labute approximate surface area is 602 Å². The highest BCUT2D eigenvalue weighted by molar-refractivity contribution is 5.82. The van der Waals surface area contributed by atoms with Crippen molar-refractivity contribution in [1.82, 2.24) is 53.9 Å². The number of hydrogen-bond acceptors (Lipinski definition) is 11. The van der Waals surface area contributed by atoms with E-state index in [2.05, 4.69) is 242 Å². The summed E-state index contributed by atoms with van der Waals surface area (Å²) in [6.45, 7) is 90.9. The van der Waals surface area contributed by atoms with Gasteiger partial charge < -0.3 is 19.6 Å². The Morgan fingerprint density at radius 2 is 0.546 bits per heavy atom. The number of piperazine rings is 1. The summed E-state index contributed by atoms with van der Waals surface area (Å²) in [5.74, 6) is 0.383. The van der Waals surface area contributed by atoms with Crippen LogP contribution in [0.5, 0.6) is 0 Å². The van der Waals surface area contributed by atoms with Gasteiger partial charge in [0, 0.05) is 147 Å². The topological polar surface area (TPSA) is 86.6 Å². The van der Waals surface area contributed by atoms with Crippen LogP contribution in [0.25, 0.3) is 0 Å². The van der Waals surface area contributed by atoms with Crippen molar-refractivity contribution >= 4 is 17.7 Å². The second-order valence-corrected chi connectivity index (χ2v) is 39.7. The van der Waals surface area contributed by atoms with Crippen LogP contribution in [0.2, 0.25) is 0 Å². The molecule has 0 N–H and O–H groups in total. The highest BCUT2D eigenvalue weighted by Gasteiger charge is 2.48. The van der Waals surface area contributed by atoms with E-state index >= 15 is 0 Å². The Kier molecular flexibility index (Phi) is 38.9. The van der Waals surface area contributed by atoms with Crippen molar-refractivity contribution in [3.63, 3.8) is 0 Å². The van der Waals surface area contributed by atoms with Gasteiger partial charge in [0.2, 0.25) is 17.7 Å². The summed E-state index contributed by atoms with van der Waals surface area (Å²) < 4.78 is 24.6. The number of rotatable bonds is 0. The number of carbonyl (C=O) groups excluding carboxylic acids is 3. The molecule has 0 unspecified atom stereocenters. The second kappa shape index (κ2) is 39.7. The zero-order chi connectivity index (χ0) is 74.7. The number of carbonyl (C=O) groups is 3. The second-order valence-electron chi connectivity index (χ2n) is 39.7. The number of likely N-dealkylation sites (N-methyl/N-ethyl adjacent to an activating group) is 1. The minimum atomic E-state index is -2.42. The third-order valence-electron chi connectivity index (χ3n) is 20.2. The molecule has 0 saturated carbocycles. The van der Waals surface area contributed by atoms with Crippen LogP contribution in [0.15, 0.2) is 0 Å². The standard InChI is InChI=1S/C10H21N.C9H20N2.C9H19N.2C8H15NO.2C8H17N.C7H13F2N.C7H13NO.C6H13N.CH4/c1-9-5-7-11(8-6-9)10(2,3)4;1-9(2,3)11-7-5-10(4)6-8-11;1-9(2,3)10-7-5-4-6-8-10;2*1-8(2,3)9-6-4-5-7(9)10;1-7-5-9(6-7)8(2,3)4;1-8(2,3)9-6-4-5-7-9;1-6(2,3)10-4-7(8,9)5-10;1-7(2,3)8-5-4-6(8)9;1-6(2,3)7-4-5-7;/h9H,5-8H2,1-4H3;5-8H2,1-4H3;4-8H2,1-3H3;2*4-6H2,1-3H3;7H,5-6H2,1-4H3;4-7H2,1-3H3;4-5H2,1-3H3;4-5H2,1-3H3;4-5H2,1-3H3;1H4. The molecule has 16 heteroatoms. The predicted octanol–water partition coefficient (Wildman–Crippen LogP) is 16.7. The number of amides is 3. The van der Waals surface area contributed by atoms with Gasteiger partial charge in [0.1, 0.15) is 0 Å². The van der Waals surface area contributed by atoms with E-state index in [0.717, 1.165) is 63.6 Å². The number of alkyl halides is 2. The zero-order valence-electron chi connectivity index (χ0n) is 70.0. The smallest absolute Gasteiger partial charge is 0.272 e. The van der Waals surface area contributed by atoms with Crippen LogP contribution in [-0.4, -0.2) is 264 Å². The summed E-state index contributed by atoms with van der Waals surface area (Å²) in [4.78, 5) is 58.3. The Morgan fingerprint density at radius 1 is 0.289 bits per heavy atom. The van der Waals surface area contributed by atoms with Gasteiger partial charge in [-0.25, -0.2) is 8.78 Å². The average Bonchev–Trinajstić information content (AvgIpc) is 1.68. The summed E-state index contributed by atoms with van der Waals surface area (Å²) in [5.41, 5.74) is 2.45. The predicted molar refractivity (Wildman–Crippen MR) is 417 cm³/mol. The number of nitrogens with zero attached hydrogens (tertiary/aromatic N) is 11. The maximum Gasteiger partial charge on any atom is 0.272 e. The van der Waals surface area contributed by atoms with Gasteiger partial charge in [0.25, 0.3) is 5.92 Å². The first-order chi connectivity index (χ1) is 43.2. The molecule has 10 rings (SSSR count). The fourth-order valence-corrected chi connectivity index (χ4v) is 12.8. The molecule has 10 fully saturated rings. The number of likely N-dealkylation sites (tertiary alicyclic amines) is 8. The van der Waals surface area contributed by atoms with Crippen LogP contribution >= 0.6 is 0 Å². The highest BCUT2D eigenvalue weighted by atomic mass is 19.3. The van der Waals surface area contributed by atoms with Gasteiger partial charge in [0.05, 0.1) is 13.1 Å². The van der Waals surface area contributed by atoms with Crippen LogP contribution in [-0.2, 0) is 14.4 Å². The molecular weight excluding hydrogens is 1210 g/mol. The quantitative estimate of drug-likeness (QED) is 0.172. The summed E-state index contributed by atoms with van der Waals surface area (Å²) in [6.07, 6.45) is 14.1. The van der Waals surface area contributed by atoms with Crippen molar-refractivity contribution in [2.24, 2.45) is 11.8 Å². The van der Waals surface area contributed by atoms with E-state index < -0.39 is 5.92 Å². The van der Waals surface area contributed by atoms with Crippen molar-refractivity contribution < 1.29 is 23.2 Å². The number of halogens is 2. The molecule has 0 aromatic heterocycles. The lowest BCUT2D eigenvalue weighted by Gasteiger charge is -2.47. The minimum Gasteiger partial charge on any atom is -0.338 e. The van der Waals surface area contributed by atoms with E-state index in [1.54, 1.807) is 4.90 Å². The molecule has 0 spiro atoms. The monoisotopic (exact) mass is 1380 g/mol. The fraction of sp³-hybridized carbons (Fsp3) is 0.963. The molecule has 0 aromatic carbocycles. The molecule has 10 aliphatic heterocycles. The molecule has 3 amide bonds. The molecular formula is C81H167F2N11O3. The molecule has 10 heterocycles. The first-order valence-corrected chi connectivity index (χ1v) is 38.4. The van der Waals surface area contributed by atoms with Crippen LogP contribution in [0.3, 0.4) is 0 Å². The molecule has 14 nitrogen and oxygen atoms in total. The first kappa shape index (κ1) is 94.9. The van der Waals surface area contributed by atoms with Gasteiger partial charge in [-0.3, -0.25) is 48.7 Å². The molecule has 0 bridgehead atoms. The summed E-state index contributed by atoms with van der Waals surface area (Å²) in [6, 6.07) is 0. The van der Waals surface area contributed by atoms with E-state index in [4.69, 9.17) is 0 Å². The van der Waals surface area contributed by atoms with E-state index in [-0.39, 0.29) is 42.7 Å². The van der Waals surface area contributed by atoms with Crippen molar-refractivity contribution in [2.45, 2.75) is 367 Å². The van der Waals surface area contributed by atoms with Crippen LogP contribution in [0.4, 0.5) is 8.78 Å². The van der Waals surface area contributed by atoms with Gasteiger partial charge in [-0.15, -0.1) is 0 Å². The summed E-state index contributed by atoms with van der Waals surface area (Å²) >= 11 is 0. The summed E-state index contributed by atoms with van der Waals surface area (Å²) in [7, 11) is 2.19. The van der Waals surface area contributed by atoms with Gasteiger partial charge in [0.15, 0.2) is 0 Å². The normalized spacial score (nSPS) is 22.5. The van der Waals surface area contributed by atoms with Gasteiger partial charge in [-0.1, -0.05) is 27.7 Å². The van der Waals surface area contributed by atoms with Crippen LogP contribution in [0.1, 0.15) is 306 Å². The highest BCUT2D eigenvalue weighted by Crippen LogP contribution is 2.33. The van der Waals surface area contributed by atoms with E-state index in [0.29, 0.717) is 51.0 Å². The third-order valence-corrected chi connectivity index (χ3v) is 20.2. The van der Waals surface area contributed by atoms with Crippen molar-refractivity contribution in [3.05, 3.63) is 0 Å². The Bertz CT molecular complexity index is 2090. The van der Waals surface area contributed by atoms with E-state index in [1.807, 2.05) is 35.5 Å². The average molecular weight is 1380 g/mol. The van der Waals surface area contributed by atoms with Crippen molar-refractivity contribution in [1.29, 1.82) is 0 Å². The number of β-lactam (4-membered cyclic amide) rings is 1. The number of hydrogen-bond donors (Lipinski definition) is 0. The Balaban J connectivity index is 0.00000106. The van der Waals surface area contributed by atoms with Crippen LogP contribution in [0, 0.1) is 11.8 Å². The van der Waals surface area contributed by atoms with E-state index in [1.165, 1.54) is 137 Å². The Hall–Kier alpha value is -2.05. The molecule has 578 valence electrons. The SMILES string of the molecule is C.CC(C)(C)N1CC(F)(F)C1.CC(C)(C)N1CC1.CC(C)(C)N1CCC1=O.CC(C)(C)N1CCCC1.CC(C)(C)N1CCCC1=O.CC(C)(C)N1CCCC1=O.CC(C)(C)N1CCCCC1.CC1CCN(C(C)(C)C)CC1.CC1CN(C(C)(C)C)C1.CN1CCN(C(C)(C)C)CC1. The van der Waals surface area contributed by atoms with Crippen molar-refractivity contribution in [3.8, 4) is 0 Å². The maximum absolute atomic E-state index is 12.3. The fourth-order valence-electron chi connectivity index (χ4n) is 12.8. The Morgan fingerprint density at radius 3 is 0.711 bits per heavy atom. The van der Waals surface area contributed by atoms with Crippen molar-refractivity contribution in [2.75, 3.05) is 131 Å². The van der Waals surface area contributed by atoms with Gasteiger partial charge >= 0.3 is 0 Å². The maximum atomic E-state index is 12.3. The lowest BCUT2D eigenvalue weighted by atomic mass is 9.94. The third kappa shape index (κ3) is 38.9. The molecule has 10 saturated heterocycles. The van der Waals surface area contributed by atoms with E-state index in [9.17, 15) is 23.2 Å². The largest absolute Gasteiger partial charge is 0.338 e. The van der Waals surface area contributed by atoms with Gasteiger partial charge in [-0.05, 0) is 317 Å². The molecule has 0 atom stereocenters.